The Bertz CT molecular complexity index is 687. The maximum absolute atomic E-state index is 13.3. The van der Waals surface area contributed by atoms with Gasteiger partial charge in [0.1, 0.15) is 5.56 Å². The van der Waals surface area contributed by atoms with Crippen LogP contribution in [0, 0.1) is 27.7 Å². The number of hydrogen-bond acceptors (Lipinski definition) is 6. The van der Waals surface area contributed by atoms with Crippen LogP contribution in [0.3, 0.4) is 0 Å². The maximum Gasteiger partial charge on any atom is 0.285 e. The Hall–Kier alpha value is -2.42. The zero-order valence-corrected chi connectivity index (χ0v) is 11.2. The lowest BCUT2D eigenvalue weighted by Gasteiger charge is -2.09. The van der Waals surface area contributed by atoms with E-state index in [9.17, 15) is 18.9 Å². The highest BCUT2D eigenvalue weighted by Gasteiger charge is 2.26. The van der Waals surface area contributed by atoms with Gasteiger partial charge in [0.25, 0.3) is 11.6 Å². The van der Waals surface area contributed by atoms with E-state index in [2.05, 4.69) is 10.1 Å². The van der Waals surface area contributed by atoms with Gasteiger partial charge in [-0.05, 0) is 12.0 Å². The van der Waals surface area contributed by atoms with Gasteiger partial charge in [-0.15, -0.1) is 0 Å². The number of aromatic nitrogens is 2. The van der Waals surface area contributed by atoms with Gasteiger partial charge in [0.2, 0.25) is 0 Å². The molecule has 9 heteroatoms. The molecule has 1 heterocycles. The second kappa shape index (κ2) is 5.52. The van der Waals surface area contributed by atoms with Gasteiger partial charge in [0.15, 0.2) is 17.5 Å². The third-order valence-electron chi connectivity index (χ3n) is 2.92. The molecule has 2 aromatic rings. The van der Waals surface area contributed by atoms with Crippen molar-refractivity contribution in [3.05, 3.63) is 39.7 Å². The van der Waals surface area contributed by atoms with Gasteiger partial charge < -0.3 is 10.3 Å². The lowest BCUT2D eigenvalue weighted by Crippen LogP contribution is -2.18. The summed E-state index contributed by atoms with van der Waals surface area (Å²) in [5.74, 6) is -2.71. The molecule has 0 saturated carbocycles. The summed E-state index contributed by atoms with van der Waals surface area (Å²) in [6, 6.07) is 0.578. The summed E-state index contributed by atoms with van der Waals surface area (Å²) in [5, 5.41) is 14.5. The number of nitro groups is 1. The lowest BCUT2D eigenvalue weighted by molar-refractivity contribution is -0.384. The molecule has 1 aromatic heterocycles. The van der Waals surface area contributed by atoms with Gasteiger partial charge in [-0.25, -0.2) is 8.78 Å². The standard InChI is InChI=1S/C12H12F2N4O3/c1-5(2)10(15)11-16-12(21-17-11)6-3-7(13)8(14)4-9(6)18(19)20/h3-5,10H,15H2,1-2H3. The third kappa shape index (κ3) is 2.87. The zero-order chi connectivity index (χ0) is 15.7. The molecule has 21 heavy (non-hydrogen) atoms. The van der Waals surface area contributed by atoms with Crippen LogP contribution < -0.4 is 5.73 Å². The Labute approximate surface area is 117 Å². The van der Waals surface area contributed by atoms with E-state index >= 15 is 0 Å². The molecule has 0 saturated heterocycles. The molecule has 0 radical (unpaired) electrons. The van der Waals surface area contributed by atoms with Crippen LogP contribution >= 0.6 is 0 Å². The Balaban J connectivity index is 2.52. The molecule has 1 aromatic carbocycles. The predicted molar refractivity (Wildman–Crippen MR) is 68.1 cm³/mol. The van der Waals surface area contributed by atoms with Crippen LogP contribution in [0.1, 0.15) is 25.7 Å². The van der Waals surface area contributed by atoms with Crippen molar-refractivity contribution in [1.82, 2.24) is 10.1 Å². The maximum atomic E-state index is 13.3. The lowest BCUT2D eigenvalue weighted by atomic mass is 10.1. The van der Waals surface area contributed by atoms with Crippen molar-refractivity contribution < 1.29 is 18.2 Å². The molecule has 0 amide bonds. The molecule has 1 atom stereocenters. The molecule has 7 nitrogen and oxygen atoms in total. The van der Waals surface area contributed by atoms with Crippen molar-refractivity contribution >= 4 is 5.69 Å². The quantitative estimate of drug-likeness (QED) is 0.686. The largest absolute Gasteiger partial charge is 0.334 e. The number of hydrogen-bond donors (Lipinski definition) is 1. The van der Waals surface area contributed by atoms with Crippen molar-refractivity contribution in [1.29, 1.82) is 0 Å². The fourth-order valence-electron chi connectivity index (χ4n) is 1.64. The fourth-order valence-corrected chi connectivity index (χ4v) is 1.64. The molecule has 0 aliphatic rings. The van der Waals surface area contributed by atoms with E-state index in [1.54, 1.807) is 0 Å². The van der Waals surface area contributed by atoms with Gasteiger partial charge in [-0.2, -0.15) is 4.98 Å². The molecule has 112 valence electrons. The van der Waals surface area contributed by atoms with Crippen LogP contribution in [-0.4, -0.2) is 15.1 Å². The average molecular weight is 298 g/mol. The van der Waals surface area contributed by atoms with Gasteiger partial charge in [-0.3, -0.25) is 10.1 Å². The number of rotatable bonds is 4. The van der Waals surface area contributed by atoms with E-state index in [0.717, 1.165) is 0 Å². The van der Waals surface area contributed by atoms with Crippen LogP contribution in [0.15, 0.2) is 16.7 Å². The van der Waals surface area contributed by atoms with E-state index in [1.165, 1.54) is 0 Å². The number of nitro benzene ring substituents is 1. The first kappa shape index (κ1) is 15.0. The van der Waals surface area contributed by atoms with E-state index < -0.39 is 28.3 Å². The van der Waals surface area contributed by atoms with Crippen LogP contribution in [0.4, 0.5) is 14.5 Å². The van der Waals surface area contributed by atoms with Gasteiger partial charge in [0, 0.05) is 0 Å². The normalized spacial score (nSPS) is 12.7. The van der Waals surface area contributed by atoms with Crippen LogP contribution in [0.2, 0.25) is 0 Å². The second-order valence-electron chi connectivity index (χ2n) is 4.77. The minimum Gasteiger partial charge on any atom is -0.334 e. The topological polar surface area (TPSA) is 108 Å². The molecule has 0 fully saturated rings. The number of benzene rings is 1. The van der Waals surface area contributed by atoms with Crippen molar-refractivity contribution in [3.8, 4) is 11.5 Å². The highest BCUT2D eigenvalue weighted by Crippen LogP contribution is 2.31. The first-order valence-electron chi connectivity index (χ1n) is 6.04. The molecule has 1 unspecified atom stereocenters. The summed E-state index contributed by atoms with van der Waals surface area (Å²) < 4.78 is 31.3. The molecule has 0 bridgehead atoms. The van der Waals surface area contributed by atoms with Crippen molar-refractivity contribution in [2.45, 2.75) is 19.9 Å². The predicted octanol–water partition coefficient (Wildman–Crippen LogP) is 2.58. The average Bonchev–Trinajstić information content (AvgIpc) is 2.89. The summed E-state index contributed by atoms with van der Waals surface area (Å²) in [5.41, 5.74) is 4.87. The molecular formula is C12H12F2N4O3. The van der Waals surface area contributed by atoms with E-state index in [-0.39, 0.29) is 23.2 Å². The number of nitrogens with zero attached hydrogens (tertiary/aromatic N) is 3. The summed E-state index contributed by atoms with van der Waals surface area (Å²) in [6.07, 6.45) is 0. The third-order valence-corrected chi connectivity index (χ3v) is 2.92. The van der Waals surface area contributed by atoms with Crippen molar-refractivity contribution in [2.75, 3.05) is 0 Å². The highest BCUT2D eigenvalue weighted by molar-refractivity contribution is 5.66. The molecule has 2 N–H and O–H groups in total. The molecular weight excluding hydrogens is 286 g/mol. The van der Waals surface area contributed by atoms with Gasteiger partial charge >= 0.3 is 0 Å². The van der Waals surface area contributed by atoms with Crippen LogP contribution in [-0.2, 0) is 0 Å². The minimum absolute atomic E-state index is 0.00962. The van der Waals surface area contributed by atoms with Gasteiger partial charge in [-0.1, -0.05) is 19.0 Å². The summed E-state index contributed by atoms with van der Waals surface area (Å²) in [7, 11) is 0. The Kier molecular flexibility index (Phi) is 3.94. The van der Waals surface area contributed by atoms with E-state index in [1.807, 2.05) is 13.8 Å². The Morgan fingerprint density at radius 2 is 1.95 bits per heavy atom. The Morgan fingerprint density at radius 3 is 2.52 bits per heavy atom. The van der Waals surface area contributed by atoms with E-state index in [4.69, 9.17) is 10.3 Å². The minimum atomic E-state index is -1.33. The van der Waals surface area contributed by atoms with Crippen molar-refractivity contribution in [2.24, 2.45) is 11.7 Å². The Morgan fingerprint density at radius 1 is 1.33 bits per heavy atom. The first-order chi connectivity index (χ1) is 9.81. The SMILES string of the molecule is CC(C)C(N)c1noc(-c2cc(F)c(F)cc2[N+](=O)[O-])n1. The molecule has 0 aliphatic carbocycles. The summed E-state index contributed by atoms with van der Waals surface area (Å²) >= 11 is 0. The monoisotopic (exact) mass is 298 g/mol. The number of halogens is 2. The fraction of sp³-hybridized carbons (Fsp3) is 0.333. The van der Waals surface area contributed by atoms with E-state index in [0.29, 0.717) is 12.1 Å². The summed E-state index contributed by atoms with van der Waals surface area (Å²) in [4.78, 5) is 14.0. The van der Waals surface area contributed by atoms with Gasteiger partial charge in [0.05, 0.1) is 17.0 Å². The molecule has 0 spiro atoms. The van der Waals surface area contributed by atoms with Crippen molar-refractivity contribution in [3.63, 3.8) is 0 Å². The summed E-state index contributed by atoms with van der Waals surface area (Å²) in [6.45, 7) is 3.67. The number of nitrogens with two attached hydrogens (primary N) is 1. The highest BCUT2D eigenvalue weighted by atomic mass is 19.2. The molecule has 2 rings (SSSR count). The zero-order valence-electron chi connectivity index (χ0n) is 11.2. The van der Waals surface area contributed by atoms with Crippen LogP contribution in [0.25, 0.3) is 11.5 Å². The van der Waals surface area contributed by atoms with Crippen LogP contribution in [0.5, 0.6) is 0 Å². The molecule has 0 aliphatic heterocycles. The first-order valence-corrected chi connectivity index (χ1v) is 6.04. The smallest absolute Gasteiger partial charge is 0.285 e. The second-order valence-corrected chi connectivity index (χ2v) is 4.77.